The average molecular weight is 545 g/mol. The Morgan fingerprint density at radius 1 is 1.17 bits per heavy atom. The van der Waals surface area contributed by atoms with Gasteiger partial charge >= 0.3 is 7.82 Å². The van der Waals surface area contributed by atoms with Crippen LogP contribution in [-0.2, 0) is 9.30 Å². The Hall–Kier alpha value is -2.57. The van der Waals surface area contributed by atoms with E-state index < -0.39 is 13.6 Å². The monoisotopic (exact) mass is 544 g/mol. The van der Waals surface area contributed by atoms with Crippen molar-refractivity contribution in [3.63, 3.8) is 0 Å². The molecule has 14 heteroatoms. The highest BCUT2D eigenvalue weighted by atomic mass is 35.5. The van der Waals surface area contributed by atoms with Crippen LogP contribution in [0.25, 0.3) is 10.9 Å². The summed E-state index contributed by atoms with van der Waals surface area (Å²) < 4.78 is 39.3. The third kappa shape index (κ3) is 8.82. The van der Waals surface area contributed by atoms with Crippen molar-refractivity contribution in [2.75, 3.05) is 51.9 Å². The number of morpholine rings is 1. The van der Waals surface area contributed by atoms with E-state index in [4.69, 9.17) is 45.1 Å². The number of hydrogen-bond donors (Lipinski definition) is 4. The van der Waals surface area contributed by atoms with Crippen LogP contribution in [0.5, 0.6) is 11.5 Å². The molecule has 0 spiro atoms. The second-order valence-corrected chi connectivity index (χ2v) is 9.10. The van der Waals surface area contributed by atoms with Gasteiger partial charge in [-0.2, -0.15) is 0 Å². The van der Waals surface area contributed by atoms with Gasteiger partial charge < -0.3 is 34.2 Å². The Morgan fingerprint density at radius 3 is 2.56 bits per heavy atom. The topological polar surface area (TPSA) is 146 Å². The third-order valence-electron chi connectivity index (χ3n) is 5.08. The van der Waals surface area contributed by atoms with Gasteiger partial charge in [-0.3, -0.25) is 4.90 Å². The molecule has 1 aliphatic heterocycles. The number of nitrogens with one attached hydrogen (secondary N) is 1. The van der Waals surface area contributed by atoms with Crippen molar-refractivity contribution >= 4 is 41.8 Å². The van der Waals surface area contributed by atoms with E-state index in [2.05, 4.69) is 20.2 Å². The smallest absolute Gasteiger partial charge is 0.466 e. The van der Waals surface area contributed by atoms with E-state index in [0.29, 0.717) is 35.1 Å². The fraction of sp³-hybridized carbons (Fsp3) is 0.364. The van der Waals surface area contributed by atoms with Gasteiger partial charge in [-0.15, -0.1) is 0 Å². The molecular weight excluding hydrogens is 518 g/mol. The summed E-state index contributed by atoms with van der Waals surface area (Å²) in [5.41, 5.74) is 1.32. The van der Waals surface area contributed by atoms with Gasteiger partial charge in [0.25, 0.3) is 0 Å². The van der Waals surface area contributed by atoms with Crippen LogP contribution in [0.3, 0.4) is 0 Å². The van der Waals surface area contributed by atoms with E-state index in [0.717, 1.165) is 44.7 Å². The summed E-state index contributed by atoms with van der Waals surface area (Å²) >= 11 is 5.90. The molecule has 0 radical (unpaired) electrons. The number of nitrogens with zero attached hydrogens (tertiary/aromatic N) is 3. The van der Waals surface area contributed by atoms with E-state index in [1.807, 2.05) is 12.1 Å². The lowest BCUT2D eigenvalue weighted by molar-refractivity contribution is 0.0357. The molecule has 2 heterocycles. The molecule has 1 aliphatic rings. The zero-order valence-electron chi connectivity index (χ0n) is 19.4. The van der Waals surface area contributed by atoms with Gasteiger partial charge in [0, 0.05) is 36.8 Å². The molecule has 0 unspecified atom stereocenters. The Balaban J connectivity index is 0.000000658. The van der Waals surface area contributed by atoms with E-state index in [1.54, 1.807) is 13.2 Å². The van der Waals surface area contributed by atoms with Gasteiger partial charge in [0.05, 0.1) is 37.5 Å². The quantitative estimate of drug-likeness (QED) is 0.244. The fourth-order valence-corrected chi connectivity index (χ4v) is 3.62. The highest BCUT2D eigenvalue weighted by Gasteiger charge is 2.14. The molecule has 0 saturated carbocycles. The van der Waals surface area contributed by atoms with E-state index in [1.165, 1.54) is 18.5 Å². The third-order valence-corrected chi connectivity index (χ3v) is 5.37. The minimum absolute atomic E-state index is 0.0364. The summed E-state index contributed by atoms with van der Waals surface area (Å²) in [6, 6.07) is 8.09. The number of methoxy groups -OCH3 is 1. The minimum atomic E-state index is -4.64. The standard InChI is InChI=1S/C22H24ClFN4O3.H3O4P/c1-29-20-13-19-16(12-21(20)31-8-2-5-28-6-9-30-10-7-28)22(26-14-25-19)27-15-3-4-18(24)17(23)11-15;1-5(2,3)4/h3-4,11-14H,2,5-10H2,1H3,(H,25,26,27);(H3,1,2,3,4). The van der Waals surface area contributed by atoms with Crippen LogP contribution < -0.4 is 14.8 Å². The molecule has 1 fully saturated rings. The number of rotatable bonds is 8. The molecule has 1 saturated heterocycles. The second kappa shape index (κ2) is 13.1. The molecule has 0 bridgehead atoms. The Kier molecular flexibility index (Phi) is 10.2. The molecule has 11 nitrogen and oxygen atoms in total. The predicted octanol–water partition coefficient (Wildman–Crippen LogP) is 3.35. The van der Waals surface area contributed by atoms with Crippen molar-refractivity contribution < 1.29 is 37.8 Å². The highest BCUT2D eigenvalue weighted by molar-refractivity contribution is 7.45. The van der Waals surface area contributed by atoms with Crippen molar-refractivity contribution in [3.8, 4) is 11.5 Å². The SMILES string of the molecule is COc1cc2ncnc(Nc3ccc(F)c(Cl)c3)c2cc1OCCCN1CCOCC1.O=P(O)(O)O. The molecule has 196 valence electrons. The Labute approximate surface area is 212 Å². The summed E-state index contributed by atoms with van der Waals surface area (Å²) in [4.78, 5) is 32.6. The van der Waals surface area contributed by atoms with Crippen molar-refractivity contribution in [1.29, 1.82) is 0 Å². The van der Waals surface area contributed by atoms with Gasteiger partial charge in [0.1, 0.15) is 18.0 Å². The van der Waals surface area contributed by atoms with Gasteiger partial charge in [-0.25, -0.2) is 18.9 Å². The molecule has 0 amide bonds. The van der Waals surface area contributed by atoms with Crippen molar-refractivity contribution in [3.05, 3.63) is 47.5 Å². The predicted molar refractivity (Wildman–Crippen MR) is 132 cm³/mol. The molecule has 36 heavy (non-hydrogen) atoms. The van der Waals surface area contributed by atoms with Crippen LogP contribution in [-0.4, -0.2) is 76.1 Å². The first-order chi connectivity index (χ1) is 17.1. The second-order valence-electron chi connectivity index (χ2n) is 7.67. The maximum atomic E-state index is 13.5. The van der Waals surface area contributed by atoms with Gasteiger partial charge in [0.15, 0.2) is 11.5 Å². The lowest BCUT2D eigenvalue weighted by Crippen LogP contribution is -2.37. The normalized spacial score (nSPS) is 14.2. The first kappa shape index (κ1) is 28.0. The molecule has 2 aromatic carbocycles. The Bertz CT molecular complexity index is 1200. The average Bonchev–Trinajstić information content (AvgIpc) is 2.83. The number of fused-ring (bicyclic) bond motifs is 1. The first-order valence-corrected chi connectivity index (χ1v) is 12.8. The van der Waals surface area contributed by atoms with Crippen LogP contribution in [0.4, 0.5) is 15.9 Å². The van der Waals surface area contributed by atoms with Gasteiger partial charge in [0.2, 0.25) is 0 Å². The zero-order valence-corrected chi connectivity index (χ0v) is 21.1. The van der Waals surface area contributed by atoms with Crippen LogP contribution in [0, 0.1) is 5.82 Å². The largest absolute Gasteiger partial charge is 0.493 e. The first-order valence-electron chi connectivity index (χ1n) is 10.9. The van der Waals surface area contributed by atoms with E-state index in [9.17, 15) is 4.39 Å². The molecule has 0 atom stereocenters. The maximum Gasteiger partial charge on any atom is 0.466 e. The van der Waals surface area contributed by atoms with Gasteiger partial charge in [-0.1, -0.05) is 11.6 Å². The van der Waals surface area contributed by atoms with Gasteiger partial charge in [-0.05, 0) is 30.7 Å². The minimum Gasteiger partial charge on any atom is -0.493 e. The number of ether oxygens (including phenoxy) is 3. The van der Waals surface area contributed by atoms with Crippen molar-refractivity contribution in [1.82, 2.24) is 14.9 Å². The number of anilines is 2. The highest BCUT2D eigenvalue weighted by Crippen LogP contribution is 2.35. The lowest BCUT2D eigenvalue weighted by atomic mass is 10.2. The Morgan fingerprint density at radius 2 is 1.89 bits per heavy atom. The molecule has 0 aliphatic carbocycles. The van der Waals surface area contributed by atoms with Crippen LogP contribution in [0.15, 0.2) is 36.7 Å². The molecule has 4 rings (SSSR count). The zero-order chi connectivity index (χ0) is 26.1. The summed E-state index contributed by atoms with van der Waals surface area (Å²) in [6.07, 6.45) is 2.35. The summed E-state index contributed by atoms with van der Waals surface area (Å²) in [6.45, 7) is 5.00. The van der Waals surface area contributed by atoms with Crippen molar-refractivity contribution in [2.45, 2.75) is 6.42 Å². The molecular formula is C22H27ClFN4O7P. The molecule has 4 N–H and O–H groups in total. The summed E-state index contributed by atoms with van der Waals surface area (Å²) in [5.74, 6) is 1.31. The lowest BCUT2D eigenvalue weighted by Gasteiger charge is -2.26. The van der Waals surface area contributed by atoms with Crippen molar-refractivity contribution in [2.24, 2.45) is 0 Å². The van der Waals surface area contributed by atoms with Crippen LogP contribution >= 0.6 is 19.4 Å². The number of hydrogen-bond acceptors (Lipinski definition) is 8. The maximum absolute atomic E-state index is 13.5. The van der Waals surface area contributed by atoms with E-state index >= 15 is 0 Å². The fourth-order valence-electron chi connectivity index (χ4n) is 3.44. The van der Waals surface area contributed by atoms with Crippen LogP contribution in [0.2, 0.25) is 5.02 Å². The molecule has 3 aromatic rings. The summed E-state index contributed by atoms with van der Waals surface area (Å²) in [5, 5.41) is 3.97. The molecule has 1 aromatic heterocycles. The summed E-state index contributed by atoms with van der Waals surface area (Å²) in [7, 11) is -3.04. The van der Waals surface area contributed by atoms with Crippen LogP contribution in [0.1, 0.15) is 6.42 Å². The number of halogens is 2. The number of aromatic nitrogens is 2. The number of benzene rings is 2. The van der Waals surface area contributed by atoms with E-state index in [-0.39, 0.29) is 5.02 Å². The number of phosphoric acid groups is 1.